The third kappa shape index (κ3) is 3.17. The van der Waals surface area contributed by atoms with Crippen LogP contribution in [0.5, 0.6) is 0 Å². The first-order valence-electron chi connectivity index (χ1n) is 5.89. The van der Waals surface area contributed by atoms with E-state index in [9.17, 15) is 4.79 Å². The monoisotopic (exact) mass is 260 g/mol. The topological polar surface area (TPSA) is 71.2 Å². The molecule has 6 nitrogen and oxygen atoms in total. The molecule has 2 aromatic rings. The van der Waals surface area contributed by atoms with E-state index >= 15 is 0 Å². The smallest absolute Gasteiger partial charge is 0.339 e. The molecule has 1 N–H and O–H groups in total. The first-order chi connectivity index (χ1) is 9.08. The van der Waals surface area contributed by atoms with Crippen molar-refractivity contribution >= 4 is 5.97 Å². The minimum atomic E-state index is -0.944. The predicted molar refractivity (Wildman–Crippen MR) is 69.6 cm³/mol. The molecule has 0 unspecified atom stereocenters. The summed E-state index contributed by atoms with van der Waals surface area (Å²) in [5, 5.41) is 13.1. The van der Waals surface area contributed by atoms with E-state index in [0.717, 1.165) is 12.1 Å². The van der Waals surface area contributed by atoms with Gasteiger partial charge in [0.05, 0.1) is 11.9 Å². The predicted octanol–water partition coefficient (Wildman–Crippen LogP) is 1.15. The molecule has 0 radical (unpaired) electrons. The van der Waals surface area contributed by atoms with Crippen molar-refractivity contribution in [3.05, 3.63) is 47.5 Å². The summed E-state index contributed by atoms with van der Waals surface area (Å²) < 4.78 is 1.60. The van der Waals surface area contributed by atoms with E-state index in [0.29, 0.717) is 12.2 Å². The zero-order valence-electron chi connectivity index (χ0n) is 10.9. The van der Waals surface area contributed by atoms with Crippen LogP contribution in [0.3, 0.4) is 0 Å². The summed E-state index contributed by atoms with van der Waals surface area (Å²) >= 11 is 0. The number of aromatic nitrogens is 3. The lowest BCUT2D eigenvalue weighted by Gasteiger charge is -2.17. The molecule has 100 valence electrons. The van der Waals surface area contributed by atoms with Crippen molar-refractivity contribution in [2.45, 2.75) is 13.1 Å². The number of nitrogens with zero attached hydrogens (tertiary/aromatic N) is 4. The number of carbonyl (C=O) groups is 1. The van der Waals surface area contributed by atoms with Gasteiger partial charge in [0.2, 0.25) is 0 Å². The van der Waals surface area contributed by atoms with Gasteiger partial charge in [-0.3, -0.25) is 14.6 Å². The van der Waals surface area contributed by atoms with Gasteiger partial charge >= 0.3 is 5.97 Å². The van der Waals surface area contributed by atoms with Crippen LogP contribution in [0.15, 0.2) is 30.7 Å². The normalized spacial score (nSPS) is 10.9. The Morgan fingerprint density at radius 1 is 1.37 bits per heavy atom. The van der Waals surface area contributed by atoms with Crippen molar-refractivity contribution in [2.75, 3.05) is 7.05 Å². The third-order valence-electron chi connectivity index (χ3n) is 2.91. The molecule has 0 fully saturated rings. The van der Waals surface area contributed by atoms with Gasteiger partial charge in [0.1, 0.15) is 5.56 Å². The maximum absolute atomic E-state index is 11.1. The number of carboxylic acids is 1. The Kier molecular flexibility index (Phi) is 3.91. The van der Waals surface area contributed by atoms with Crippen molar-refractivity contribution in [1.82, 2.24) is 19.7 Å². The number of pyridine rings is 1. The maximum atomic E-state index is 11.1. The SMILES string of the molecule is CN(Cc1ccncc1)Cc1c(C(=O)O)cnn1C. The molecule has 0 spiro atoms. The van der Waals surface area contributed by atoms with Gasteiger partial charge in [-0.05, 0) is 24.7 Å². The van der Waals surface area contributed by atoms with Crippen LogP contribution in [0.2, 0.25) is 0 Å². The van der Waals surface area contributed by atoms with Gasteiger partial charge in [0, 0.05) is 32.5 Å². The Morgan fingerprint density at radius 3 is 2.68 bits per heavy atom. The highest BCUT2D eigenvalue weighted by Gasteiger charge is 2.16. The number of hydrogen-bond acceptors (Lipinski definition) is 4. The molecule has 0 aliphatic carbocycles. The largest absolute Gasteiger partial charge is 0.478 e. The summed E-state index contributed by atoms with van der Waals surface area (Å²) in [5.74, 6) is -0.944. The van der Waals surface area contributed by atoms with E-state index < -0.39 is 5.97 Å². The number of hydrogen-bond donors (Lipinski definition) is 1. The summed E-state index contributed by atoms with van der Waals surface area (Å²) in [5.41, 5.74) is 2.09. The van der Waals surface area contributed by atoms with Crippen molar-refractivity contribution in [3.8, 4) is 0 Å². The Balaban J connectivity index is 2.09. The molecule has 0 bridgehead atoms. The zero-order chi connectivity index (χ0) is 13.8. The molecule has 0 aliphatic rings. The number of carboxylic acid groups (broad SMARTS) is 1. The standard InChI is InChI=1S/C13H16N4O2/c1-16(8-10-3-5-14-6-4-10)9-12-11(13(18)19)7-15-17(12)2/h3-7H,8-9H2,1-2H3,(H,18,19). The molecule has 0 atom stereocenters. The van der Waals surface area contributed by atoms with Crippen LogP contribution >= 0.6 is 0 Å². The lowest BCUT2D eigenvalue weighted by molar-refractivity contribution is 0.0694. The van der Waals surface area contributed by atoms with Crippen LogP contribution < -0.4 is 0 Å². The van der Waals surface area contributed by atoms with Gasteiger partial charge in [-0.15, -0.1) is 0 Å². The van der Waals surface area contributed by atoms with Crippen LogP contribution in [-0.4, -0.2) is 37.8 Å². The first-order valence-corrected chi connectivity index (χ1v) is 5.89. The fraction of sp³-hybridized carbons (Fsp3) is 0.308. The minimum absolute atomic E-state index is 0.254. The molecule has 0 saturated heterocycles. The zero-order valence-corrected chi connectivity index (χ0v) is 10.9. The minimum Gasteiger partial charge on any atom is -0.478 e. The van der Waals surface area contributed by atoms with Crippen molar-refractivity contribution in [2.24, 2.45) is 7.05 Å². The van der Waals surface area contributed by atoms with Gasteiger partial charge in [-0.25, -0.2) is 4.79 Å². The highest BCUT2D eigenvalue weighted by atomic mass is 16.4. The fourth-order valence-electron chi connectivity index (χ4n) is 1.94. The van der Waals surface area contributed by atoms with E-state index in [2.05, 4.69) is 10.1 Å². The summed E-state index contributed by atoms with van der Waals surface area (Å²) in [6.07, 6.45) is 4.88. The summed E-state index contributed by atoms with van der Waals surface area (Å²) in [7, 11) is 3.70. The second kappa shape index (κ2) is 5.62. The number of rotatable bonds is 5. The van der Waals surface area contributed by atoms with Gasteiger partial charge in [0.25, 0.3) is 0 Å². The molecule has 0 aromatic carbocycles. The third-order valence-corrected chi connectivity index (χ3v) is 2.91. The lowest BCUT2D eigenvalue weighted by Crippen LogP contribution is -2.20. The molecule has 6 heteroatoms. The number of aryl methyl sites for hydroxylation is 1. The molecule has 2 heterocycles. The molecule has 19 heavy (non-hydrogen) atoms. The second-order valence-electron chi connectivity index (χ2n) is 4.46. The van der Waals surface area contributed by atoms with E-state index in [1.807, 2.05) is 24.1 Å². The Morgan fingerprint density at radius 2 is 2.05 bits per heavy atom. The van der Waals surface area contributed by atoms with Gasteiger partial charge < -0.3 is 5.11 Å². The summed E-state index contributed by atoms with van der Waals surface area (Å²) in [6.45, 7) is 1.26. The molecule has 0 amide bonds. The van der Waals surface area contributed by atoms with Crippen molar-refractivity contribution in [1.29, 1.82) is 0 Å². The number of aromatic carboxylic acids is 1. The van der Waals surface area contributed by atoms with E-state index in [-0.39, 0.29) is 5.56 Å². The van der Waals surface area contributed by atoms with Crippen LogP contribution in [0.25, 0.3) is 0 Å². The highest BCUT2D eigenvalue weighted by Crippen LogP contribution is 2.12. The molecule has 0 saturated carbocycles. The molecule has 2 rings (SSSR count). The van der Waals surface area contributed by atoms with E-state index in [4.69, 9.17) is 5.11 Å². The molecule has 2 aromatic heterocycles. The van der Waals surface area contributed by atoms with Crippen LogP contribution in [0.4, 0.5) is 0 Å². The average molecular weight is 260 g/mol. The second-order valence-corrected chi connectivity index (χ2v) is 4.46. The van der Waals surface area contributed by atoms with Gasteiger partial charge in [0.15, 0.2) is 0 Å². The van der Waals surface area contributed by atoms with E-state index in [1.54, 1.807) is 24.1 Å². The van der Waals surface area contributed by atoms with Gasteiger partial charge in [-0.2, -0.15) is 5.10 Å². The maximum Gasteiger partial charge on any atom is 0.339 e. The van der Waals surface area contributed by atoms with Gasteiger partial charge in [-0.1, -0.05) is 0 Å². The van der Waals surface area contributed by atoms with Crippen LogP contribution in [0.1, 0.15) is 21.6 Å². The molecule has 0 aliphatic heterocycles. The quantitative estimate of drug-likeness (QED) is 0.873. The Hall–Kier alpha value is -2.21. The van der Waals surface area contributed by atoms with Crippen molar-refractivity contribution < 1.29 is 9.90 Å². The average Bonchev–Trinajstić information content (AvgIpc) is 2.72. The summed E-state index contributed by atoms with van der Waals surface area (Å²) in [6, 6.07) is 3.88. The lowest BCUT2D eigenvalue weighted by atomic mass is 10.2. The van der Waals surface area contributed by atoms with E-state index in [1.165, 1.54) is 6.20 Å². The van der Waals surface area contributed by atoms with Crippen molar-refractivity contribution in [3.63, 3.8) is 0 Å². The molecular formula is C13H16N4O2. The Labute approximate surface area is 111 Å². The Bertz CT molecular complexity index is 565. The fourth-order valence-corrected chi connectivity index (χ4v) is 1.94. The van der Waals surface area contributed by atoms with Crippen LogP contribution in [0, 0.1) is 0 Å². The highest BCUT2D eigenvalue weighted by molar-refractivity contribution is 5.88. The van der Waals surface area contributed by atoms with Crippen LogP contribution in [-0.2, 0) is 20.1 Å². The molecular weight excluding hydrogens is 244 g/mol. The summed E-state index contributed by atoms with van der Waals surface area (Å²) in [4.78, 5) is 17.1. The first kappa shape index (κ1) is 13.2.